The van der Waals surface area contributed by atoms with Crippen LogP contribution in [0.3, 0.4) is 0 Å². The Morgan fingerprint density at radius 2 is 2.12 bits per heavy atom. The predicted molar refractivity (Wildman–Crippen MR) is 96.3 cm³/mol. The van der Waals surface area contributed by atoms with Crippen LogP contribution in [0.25, 0.3) is 0 Å². The number of amides is 2. The first kappa shape index (κ1) is 21.2. The van der Waals surface area contributed by atoms with E-state index in [-0.39, 0.29) is 30.3 Å². The van der Waals surface area contributed by atoms with Gasteiger partial charge in [0, 0.05) is 39.3 Å². The average Bonchev–Trinajstić information content (AvgIpc) is 3.11. The lowest BCUT2D eigenvalue weighted by Crippen LogP contribution is -2.46. The highest BCUT2D eigenvalue weighted by Crippen LogP contribution is 2.17. The first-order chi connectivity index (χ1) is 11.2. The summed E-state index contributed by atoms with van der Waals surface area (Å²) >= 11 is 0. The van der Waals surface area contributed by atoms with Crippen LogP contribution >= 0.6 is 12.4 Å². The van der Waals surface area contributed by atoms with E-state index in [1.807, 2.05) is 11.8 Å². The van der Waals surface area contributed by atoms with Gasteiger partial charge in [0.15, 0.2) is 0 Å². The largest absolute Gasteiger partial charge is 0.382 e. The fourth-order valence-corrected chi connectivity index (χ4v) is 3.36. The third-order valence-corrected chi connectivity index (χ3v) is 4.70. The van der Waals surface area contributed by atoms with E-state index in [9.17, 15) is 9.59 Å². The number of piperidine rings is 1. The van der Waals surface area contributed by atoms with Gasteiger partial charge >= 0.3 is 0 Å². The van der Waals surface area contributed by atoms with Crippen molar-refractivity contribution < 1.29 is 14.3 Å². The van der Waals surface area contributed by atoms with Crippen LogP contribution in [0.5, 0.6) is 0 Å². The molecule has 2 heterocycles. The lowest BCUT2D eigenvalue weighted by Gasteiger charge is -2.33. The van der Waals surface area contributed by atoms with E-state index >= 15 is 0 Å². The summed E-state index contributed by atoms with van der Waals surface area (Å²) in [6.45, 7) is 6.56. The van der Waals surface area contributed by atoms with Gasteiger partial charge in [-0.3, -0.25) is 9.59 Å². The molecule has 2 fully saturated rings. The van der Waals surface area contributed by atoms with Crippen LogP contribution in [0.2, 0.25) is 0 Å². The Labute approximate surface area is 151 Å². The maximum absolute atomic E-state index is 12.2. The first-order valence-electron chi connectivity index (χ1n) is 9.07. The van der Waals surface area contributed by atoms with Crippen LogP contribution in [-0.2, 0) is 14.3 Å². The number of carbonyl (C=O) groups is 2. The summed E-state index contributed by atoms with van der Waals surface area (Å²) in [7, 11) is 0. The summed E-state index contributed by atoms with van der Waals surface area (Å²) in [5, 5.41) is 6.27. The number of nitrogens with zero attached hydrogens (tertiary/aromatic N) is 1. The van der Waals surface area contributed by atoms with Crippen LogP contribution < -0.4 is 10.6 Å². The molecule has 2 rings (SSSR count). The molecule has 2 atom stereocenters. The van der Waals surface area contributed by atoms with Crippen molar-refractivity contribution in [3.8, 4) is 0 Å². The van der Waals surface area contributed by atoms with Crippen molar-refractivity contribution in [3.05, 3.63) is 0 Å². The Bertz CT molecular complexity index is 389. The number of nitrogens with one attached hydrogen (secondary N) is 2. The van der Waals surface area contributed by atoms with Gasteiger partial charge in [0.25, 0.3) is 0 Å². The Kier molecular flexibility index (Phi) is 10.3. The second-order valence-corrected chi connectivity index (χ2v) is 6.54. The molecular formula is C17H32ClN3O3. The molecule has 24 heavy (non-hydrogen) atoms. The number of likely N-dealkylation sites (tertiary alicyclic amines) is 1. The smallest absolute Gasteiger partial charge is 0.237 e. The molecule has 0 aliphatic carbocycles. The molecule has 0 aromatic rings. The van der Waals surface area contributed by atoms with Crippen molar-refractivity contribution in [1.29, 1.82) is 0 Å². The summed E-state index contributed by atoms with van der Waals surface area (Å²) in [5.41, 5.74) is 0. The minimum atomic E-state index is -0.0186. The third kappa shape index (κ3) is 6.95. The Morgan fingerprint density at radius 1 is 1.29 bits per heavy atom. The van der Waals surface area contributed by atoms with Crippen molar-refractivity contribution in [2.45, 2.75) is 51.5 Å². The summed E-state index contributed by atoms with van der Waals surface area (Å²) in [5.74, 6) is 0.714. The first-order valence-corrected chi connectivity index (χ1v) is 9.07. The molecule has 2 amide bonds. The van der Waals surface area contributed by atoms with Gasteiger partial charge in [-0.15, -0.1) is 12.4 Å². The number of halogens is 1. The predicted octanol–water partition coefficient (Wildman–Crippen LogP) is 1.33. The monoisotopic (exact) mass is 361 g/mol. The molecule has 2 saturated heterocycles. The Hall–Kier alpha value is -0.850. The molecule has 2 unspecified atom stereocenters. The molecule has 2 N–H and O–H groups in total. The molecule has 2 aliphatic rings. The average molecular weight is 362 g/mol. The summed E-state index contributed by atoms with van der Waals surface area (Å²) in [4.78, 5) is 26.2. The molecule has 0 saturated carbocycles. The highest BCUT2D eigenvalue weighted by atomic mass is 35.5. The molecule has 0 aromatic carbocycles. The van der Waals surface area contributed by atoms with Gasteiger partial charge in [-0.1, -0.05) is 0 Å². The van der Waals surface area contributed by atoms with Gasteiger partial charge in [0.05, 0.1) is 6.04 Å². The maximum Gasteiger partial charge on any atom is 0.237 e. The van der Waals surface area contributed by atoms with E-state index in [2.05, 4.69) is 10.6 Å². The number of carbonyl (C=O) groups excluding carboxylic acids is 2. The highest BCUT2D eigenvalue weighted by molar-refractivity contribution is 5.85. The molecule has 0 aromatic heterocycles. The normalized spacial score (nSPS) is 23.6. The zero-order valence-electron chi connectivity index (χ0n) is 14.7. The molecule has 0 spiro atoms. The van der Waals surface area contributed by atoms with E-state index < -0.39 is 0 Å². The molecule has 140 valence electrons. The van der Waals surface area contributed by atoms with Gasteiger partial charge < -0.3 is 20.3 Å². The Morgan fingerprint density at radius 3 is 2.83 bits per heavy atom. The molecule has 0 bridgehead atoms. The fourth-order valence-electron chi connectivity index (χ4n) is 3.36. The van der Waals surface area contributed by atoms with Crippen molar-refractivity contribution in [1.82, 2.24) is 15.5 Å². The van der Waals surface area contributed by atoms with Crippen LogP contribution in [0.4, 0.5) is 0 Å². The van der Waals surface area contributed by atoms with Gasteiger partial charge in [-0.25, -0.2) is 0 Å². The SMILES string of the molecule is CCOCCCC(=O)N1CCCC(CNC(=O)C2CCCN2)C1.Cl. The second-order valence-electron chi connectivity index (χ2n) is 6.54. The lowest BCUT2D eigenvalue weighted by atomic mass is 9.97. The minimum absolute atomic E-state index is 0. The van der Waals surface area contributed by atoms with Gasteiger partial charge in [0.2, 0.25) is 11.8 Å². The van der Waals surface area contributed by atoms with Gasteiger partial charge in [-0.2, -0.15) is 0 Å². The lowest BCUT2D eigenvalue weighted by molar-refractivity contribution is -0.133. The quantitative estimate of drug-likeness (QED) is 0.640. The summed E-state index contributed by atoms with van der Waals surface area (Å²) in [6, 6.07) is -0.0186. The maximum atomic E-state index is 12.2. The molecule has 2 aliphatic heterocycles. The third-order valence-electron chi connectivity index (χ3n) is 4.70. The number of ether oxygens (including phenoxy) is 1. The summed E-state index contributed by atoms with van der Waals surface area (Å²) < 4.78 is 5.28. The standard InChI is InChI=1S/C17H31N3O3.ClH/c1-2-23-11-5-8-16(21)20-10-4-6-14(13-20)12-19-17(22)15-7-3-9-18-15;/h14-15,18H,2-13H2,1H3,(H,19,22);1H. The van der Waals surface area contributed by atoms with E-state index in [0.29, 0.717) is 32.1 Å². The molecular weight excluding hydrogens is 330 g/mol. The van der Waals surface area contributed by atoms with Crippen LogP contribution in [-0.4, -0.2) is 62.1 Å². The van der Waals surface area contributed by atoms with Crippen molar-refractivity contribution >= 4 is 24.2 Å². The van der Waals surface area contributed by atoms with E-state index in [1.54, 1.807) is 0 Å². The topological polar surface area (TPSA) is 70.7 Å². The number of hydrogen-bond acceptors (Lipinski definition) is 4. The second kappa shape index (κ2) is 11.7. The molecule has 0 radical (unpaired) electrons. The van der Waals surface area contributed by atoms with Crippen LogP contribution in [0.15, 0.2) is 0 Å². The van der Waals surface area contributed by atoms with Crippen molar-refractivity contribution in [2.24, 2.45) is 5.92 Å². The van der Waals surface area contributed by atoms with Crippen molar-refractivity contribution in [3.63, 3.8) is 0 Å². The number of rotatable bonds is 8. The fraction of sp³-hybridized carbons (Fsp3) is 0.882. The zero-order valence-corrected chi connectivity index (χ0v) is 15.5. The Balaban J connectivity index is 0.00000288. The van der Waals surface area contributed by atoms with Crippen molar-refractivity contribution in [2.75, 3.05) is 39.4 Å². The van der Waals surface area contributed by atoms with E-state index in [0.717, 1.165) is 51.7 Å². The molecule has 7 heteroatoms. The van der Waals surface area contributed by atoms with Crippen LogP contribution in [0.1, 0.15) is 45.4 Å². The highest BCUT2D eigenvalue weighted by Gasteiger charge is 2.26. The minimum Gasteiger partial charge on any atom is -0.382 e. The summed E-state index contributed by atoms with van der Waals surface area (Å²) in [6.07, 6.45) is 5.47. The van der Waals surface area contributed by atoms with E-state index in [4.69, 9.17) is 4.74 Å². The van der Waals surface area contributed by atoms with E-state index in [1.165, 1.54) is 0 Å². The zero-order chi connectivity index (χ0) is 16.5. The number of hydrogen-bond donors (Lipinski definition) is 2. The molecule has 6 nitrogen and oxygen atoms in total. The van der Waals surface area contributed by atoms with Gasteiger partial charge in [-0.05, 0) is 51.5 Å². The van der Waals surface area contributed by atoms with Crippen LogP contribution in [0, 0.1) is 5.92 Å². The van der Waals surface area contributed by atoms with Gasteiger partial charge in [0.1, 0.15) is 0 Å².